The molecular formula is C22H32F2N2O4. The lowest BCUT2D eigenvalue weighted by Crippen LogP contribution is -2.62. The summed E-state index contributed by atoms with van der Waals surface area (Å²) in [6, 6.07) is -0.237. The maximum atomic E-state index is 14.0. The third-order valence-corrected chi connectivity index (χ3v) is 7.24. The second-order valence-corrected chi connectivity index (χ2v) is 9.15. The van der Waals surface area contributed by atoms with E-state index in [9.17, 15) is 19.0 Å². The summed E-state index contributed by atoms with van der Waals surface area (Å²) < 4.78 is 38.5. The molecule has 0 bridgehead atoms. The van der Waals surface area contributed by atoms with Gasteiger partial charge in [0, 0.05) is 13.2 Å². The minimum atomic E-state index is -1.24. The quantitative estimate of drug-likeness (QED) is 0.621. The van der Waals surface area contributed by atoms with E-state index in [1.165, 1.54) is 39.2 Å². The highest BCUT2D eigenvalue weighted by atomic mass is 19.1. The normalized spacial score (nSPS) is 37.2. The molecule has 8 heteroatoms. The summed E-state index contributed by atoms with van der Waals surface area (Å²) in [7, 11) is 1.44. The van der Waals surface area contributed by atoms with Crippen molar-refractivity contribution in [2.45, 2.75) is 82.0 Å². The number of pyridine rings is 1. The van der Waals surface area contributed by atoms with Crippen LogP contribution in [0.2, 0.25) is 0 Å². The molecule has 2 unspecified atom stereocenters. The highest BCUT2D eigenvalue weighted by molar-refractivity contribution is 5.38. The summed E-state index contributed by atoms with van der Waals surface area (Å²) in [4.78, 5) is 3.69. The van der Waals surface area contributed by atoms with Crippen molar-refractivity contribution in [1.82, 2.24) is 4.98 Å². The van der Waals surface area contributed by atoms with Crippen molar-refractivity contribution in [1.29, 1.82) is 0 Å². The molecule has 0 amide bonds. The van der Waals surface area contributed by atoms with Gasteiger partial charge in [-0.25, -0.2) is 13.8 Å². The molecule has 168 valence electrons. The average Bonchev–Trinajstić information content (AvgIpc) is 3.15. The Bertz CT molecular complexity index is 718. The highest BCUT2D eigenvalue weighted by Crippen LogP contribution is 2.42. The van der Waals surface area contributed by atoms with Gasteiger partial charge >= 0.3 is 0 Å². The van der Waals surface area contributed by atoms with Crippen LogP contribution in [0.3, 0.4) is 0 Å². The number of hydrogen-bond donors (Lipinski definition) is 3. The highest BCUT2D eigenvalue weighted by Gasteiger charge is 2.49. The number of ether oxygens (including phenoxy) is 2. The molecule has 0 radical (unpaired) electrons. The number of halogens is 2. The van der Waals surface area contributed by atoms with Crippen LogP contribution in [-0.2, 0) is 9.47 Å². The van der Waals surface area contributed by atoms with Gasteiger partial charge in [0.05, 0.1) is 12.3 Å². The van der Waals surface area contributed by atoms with Crippen LogP contribution in [0.4, 0.5) is 14.6 Å². The molecule has 6 nitrogen and oxygen atoms in total. The third-order valence-electron chi connectivity index (χ3n) is 7.24. The third kappa shape index (κ3) is 4.61. The lowest BCUT2D eigenvalue weighted by Gasteiger charge is -2.44. The number of rotatable bonds is 7. The van der Waals surface area contributed by atoms with Gasteiger partial charge in [0.15, 0.2) is 17.9 Å². The smallest absolute Gasteiger partial charge is 0.180 e. The Balaban J connectivity index is 1.38. The molecule has 1 aromatic heterocycles. The van der Waals surface area contributed by atoms with Gasteiger partial charge in [-0.1, -0.05) is 38.5 Å². The first-order valence-electron chi connectivity index (χ1n) is 11.1. The van der Waals surface area contributed by atoms with E-state index in [1.54, 1.807) is 0 Å². The number of aromatic nitrogens is 1. The van der Waals surface area contributed by atoms with Crippen molar-refractivity contribution >= 4 is 5.82 Å². The zero-order valence-corrected chi connectivity index (χ0v) is 17.3. The summed E-state index contributed by atoms with van der Waals surface area (Å²) >= 11 is 0. The first-order chi connectivity index (χ1) is 14.5. The molecule has 1 saturated heterocycles. The molecular weight excluding hydrogens is 394 g/mol. The summed E-state index contributed by atoms with van der Waals surface area (Å²) in [5.41, 5.74) is 0. The SMILES string of the molecule is CO[C@H]1O[C@H](C2CCC(CCC3CCC3)C2)[C@H](O)[C@H](O)[C@@H]1Nc1ncc(F)cc1F. The van der Waals surface area contributed by atoms with Crippen LogP contribution >= 0.6 is 0 Å². The van der Waals surface area contributed by atoms with Crippen molar-refractivity contribution in [2.24, 2.45) is 17.8 Å². The molecule has 3 N–H and O–H groups in total. The van der Waals surface area contributed by atoms with E-state index in [1.807, 2.05) is 0 Å². The van der Waals surface area contributed by atoms with Gasteiger partial charge < -0.3 is 25.0 Å². The Morgan fingerprint density at radius 1 is 1.13 bits per heavy atom. The Kier molecular flexibility index (Phi) is 6.87. The van der Waals surface area contributed by atoms with E-state index in [-0.39, 0.29) is 11.7 Å². The van der Waals surface area contributed by atoms with Crippen LogP contribution in [0.15, 0.2) is 12.3 Å². The fourth-order valence-corrected chi connectivity index (χ4v) is 5.24. The van der Waals surface area contributed by atoms with Crippen LogP contribution in [0, 0.1) is 29.4 Å². The average molecular weight is 427 g/mol. The molecule has 2 heterocycles. The first-order valence-corrected chi connectivity index (χ1v) is 11.1. The standard InChI is InChI=1S/C22H32F2N2O4/c1-29-22-17(26-21-16(24)10-15(23)11-25-21)18(27)19(28)20(30-22)14-8-7-13(9-14)6-5-12-3-2-4-12/h10-14,17-20,22,27-28H,2-9H2,1H3,(H,25,26)/t13?,14?,17-,18+,19+,20+,22-/m0/s1. The number of nitrogens with one attached hydrogen (secondary N) is 1. The Labute approximate surface area is 176 Å². The van der Waals surface area contributed by atoms with Crippen LogP contribution < -0.4 is 5.32 Å². The second kappa shape index (κ2) is 9.42. The summed E-state index contributed by atoms with van der Waals surface area (Å²) in [6.07, 6.45) is 6.71. The van der Waals surface area contributed by atoms with Gasteiger partial charge in [-0.3, -0.25) is 0 Å². The van der Waals surface area contributed by atoms with Gasteiger partial charge in [0.25, 0.3) is 0 Å². The fourth-order valence-electron chi connectivity index (χ4n) is 5.24. The van der Waals surface area contributed by atoms with Gasteiger partial charge in [-0.2, -0.15) is 0 Å². The van der Waals surface area contributed by atoms with Crippen LogP contribution in [0.1, 0.15) is 51.4 Å². The Hall–Kier alpha value is -1.35. The van der Waals surface area contributed by atoms with E-state index in [4.69, 9.17) is 9.47 Å². The topological polar surface area (TPSA) is 83.8 Å². The lowest BCUT2D eigenvalue weighted by molar-refractivity contribution is -0.259. The predicted octanol–water partition coefficient (Wildman–Crippen LogP) is 3.23. The van der Waals surface area contributed by atoms with Gasteiger partial charge in [0.2, 0.25) is 0 Å². The second-order valence-electron chi connectivity index (χ2n) is 9.15. The van der Waals surface area contributed by atoms with Crippen molar-refractivity contribution in [3.8, 4) is 0 Å². The monoisotopic (exact) mass is 426 g/mol. The van der Waals surface area contributed by atoms with Crippen molar-refractivity contribution in [3.63, 3.8) is 0 Å². The van der Waals surface area contributed by atoms with Gasteiger partial charge in [0.1, 0.15) is 24.1 Å². The minimum Gasteiger partial charge on any atom is -0.388 e. The van der Waals surface area contributed by atoms with E-state index in [0.717, 1.165) is 31.4 Å². The molecule has 3 fully saturated rings. The molecule has 1 aromatic rings. The maximum absolute atomic E-state index is 14.0. The van der Waals surface area contributed by atoms with Gasteiger partial charge in [-0.15, -0.1) is 0 Å². The molecule has 2 saturated carbocycles. The molecule has 0 spiro atoms. The zero-order chi connectivity index (χ0) is 21.3. The molecule has 7 atom stereocenters. The predicted molar refractivity (Wildman–Crippen MR) is 107 cm³/mol. The lowest BCUT2D eigenvalue weighted by atomic mass is 9.80. The largest absolute Gasteiger partial charge is 0.388 e. The van der Waals surface area contributed by atoms with E-state index < -0.39 is 42.3 Å². The van der Waals surface area contributed by atoms with Crippen molar-refractivity contribution in [3.05, 3.63) is 23.9 Å². The van der Waals surface area contributed by atoms with Crippen LogP contribution in [0.5, 0.6) is 0 Å². The van der Waals surface area contributed by atoms with E-state index in [2.05, 4.69) is 10.3 Å². The molecule has 1 aliphatic heterocycles. The number of aliphatic hydroxyl groups is 2. The maximum Gasteiger partial charge on any atom is 0.180 e. The molecule has 0 aromatic carbocycles. The van der Waals surface area contributed by atoms with Gasteiger partial charge in [-0.05, 0) is 30.6 Å². The number of anilines is 1. The number of aliphatic hydroxyl groups excluding tert-OH is 2. The Morgan fingerprint density at radius 3 is 2.57 bits per heavy atom. The molecule has 2 aliphatic carbocycles. The molecule has 4 rings (SSSR count). The zero-order valence-electron chi connectivity index (χ0n) is 17.3. The Morgan fingerprint density at radius 2 is 1.90 bits per heavy atom. The van der Waals surface area contributed by atoms with E-state index in [0.29, 0.717) is 12.0 Å². The van der Waals surface area contributed by atoms with Crippen molar-refractivity contribution in [2.75, 3.05) is 12.4 Å². The first kappa shape index (κ1) is 21.9. The molecule has 30 heavy (non-hydrogen) atoms. The fraction of sp³-hybridized carbons (Fsp3) is 0.773. The minimum absolute atomic E-state index is 0.153. The van der Waals surface area contributed by atoms with E-state index >= 15 is 0 Å². The summed E-state index contributed by atoms with van der Waals surface area (Å²) in [5, 5.41) is 24.3. The van der Waals surface area contributed by atoms with Crippen molar-refractivity contribution < 1.29 is 28.5 Å². The summed E-state index contributed by atoms with van der Waals surface area (Å²) in [5.74, 6) is -0.229. The number of nitrogens with zero attached hydrogens (tertiary/aromatic N) is 1. The number of methoxy groups -OCH3 is 1. The van der Waals surface area contributed by atoms with Crippen LogP contribution in [0.25, 0.3) is 0 Å². The number of hydrogen-bond acceptors (Lipinski definition) is 6. The molecule has 3 aliphatic rings. The van der Waals surface area contributed by atoms with Crippen LogP contribution in [-0.4, -0.2) is 53.0 Å². The summed E-state index contributed by atoms with van der Waals surface area (Å²) in [6.45, 7) is 0.